The van der Waals surface area contributed by atoms with Crippen molar-refractivity contribution >= 4 is 63.4 Å². The van der Waals surface area contributed by atoms with Gasteiger partial charge >= 0.3 is 6.09 Å². The van der Waals surface area contributed by atoms with Crippen LogP contribution in [-0.4, -0.2) is 34.9 Å². The lowest BCUT2D eigenvalue weighted by molar-refractivity contribution is -0.115. The number of aromatic nitrogens is 1. The van der Waals surface area contributed by atoms with Gasteiger partial charge in [-0.25, -0.2) is 9.78 Å². The van der Waals surface area contributed by atoms with E-state index in [9.17, 15) is 14.4 Å². The fourth-order valence-corrected chi connectivity index (χ4v) is 4.24. The fraction of sp³-hybridized carbons (Fsp3) is 0.250. The molecule has 1 atom stereocenters. The molecule has 3 heterocycles. The van der Waals surface area contributed by atoms with Gasteiger partial charge in [-0.3, -0.25) is 14.9 Å². The van der Waals surface area contributed by atoms with E-state index in [0.29, 0.717) is 21.5 Å². The Bertz CT molecular complexity index is 887. The normalized spacial score (nSPS) is 14.9. The third-order valence-electron chi connectivity index (χ3n) is 3.50. The van der Waals surface area contributed by atoms with Crippen LogP contribution in [0.15, 0.2) is 22.4 Å². The molecule has 11 heteroatoms. The van der Waals surface area contributed by atoms with Crippen LogP contribution in [0.2, 0.25) is 5.02 Å². The van der Waals surface area contributed by atoms with Crippen molar-refractivity contribution in [1.82, 2.24) is 10.3 Å². The second-order valence-corrected chi connectivity index (χ2v) is 7.84. The quantitative estimate of drug-likeness (QED) is 0.686. The van der Waals surface area contributed by atoms with E-state index >= 15 is 0 Å². The molecule has 0 fully saturated rings. The van der Waals surface area contributed by atoms with Crippen LogP contribution < -0.4 is 16.0 Å². The molecule has 8 nitrogen and oxygen atoms in total. The average Bonchev–Trinajstić information content (AvgIpc) is 3.22. The van der Waals surface area contributed by atoms with Crippen molar-refractivity contribution < 1.29 is 19.1 Å². The number of thioether (sulfide) groups is 1. The summed E-state index contributed by atoms with van der Waals surface area (Å²) >= 11 is 8.53. The molecule has 0 saturated carbocycles. The molecule has 3 rings (SSSR count). The highest BCUT2D eigenvalue weighted by molar-refractivity contribution is 8.01. The van der Waals surface area contributed by atoms with Crippen molar-refractivity contribution in [2.24, 2.45) is 0 Å². The standard InChI is InChI=1S/C16H15ClN4O4S2/c1-3-25-16(24)21-12(22)8-4-5-26-14(8)20-13(23)15-19-11-10(27-15)6-9(17)7(2)18-11/h4-6,15H,3H2,1-2H3,(H,18,19)(H,20,23)(H,21,22,24). The van der Waals surface area contributed by atoms with Gasteiger partial charge in [-0.15, -0.1) is 11.3 Å². The summed E-state index contributed by atoms with van der Waals surface area (Å²) < 4.78 is 4.68. The highest BCUT2D eigenvalue weighted by Crippen LogP contribution is 2.39. The molecule has 1 unspecified atom stereocenters. The minimum atomic E-state index is -0.840. The van der Waals surface area contributed by atoms with Gasteiger partial charge in [0.25, 0.3) is 11.8 Å². The number of ether oxygens (including phenoxy) is 1. The maximum absolute atomic E-state index is 12.6. The first kappa shape index (κ1) is 19.5. The zero-order valence-electron chi connectivity index (χ0n) is 14.3. The molecule has 3 amide bonds. The molecule has 27 heavy (non-hydrogen) atoms. The third kappa shape index (κ3) is 4.34. The molecule has 3 N–H and O–H groups in total. The second-order valence-electron chi connectivity index (χ2n) is 5.37. The van der Waals surface area contributed by atoms with Crippen LogP contribution >= 0.6 is 34.7 Å². The Balaban J connectivity index is 1.67. The molecule has 0 bridgehead atoms. The van der Waals surface area contributed by atoms with Crippen molar-refractivity contribution in [3.05, 3.63) is 33.8 Å². The fourth-order valence-electron chi connectivity index (χ4n) is 2.25. The number of halogens is 1. The monoisotopic (exact) mass is 426 g/mol. The number of thiophene rings is 1. The van der Waals surface area contributed by atoms with Crippen molar-refractivity contribution in [3.63, 3.8) is 0 Å². The van der Waals surface area contributed by atoms with Crippen LogP contribution in [0.25, 0.3) is 0 Å². The number of pyridine rings is 1. The maximum Gasteiger partial charge on any atom is 0.414 e. The van der Waals surface area contributed by atoms with Gasteiger partial charge in [0.1, 0.15) is 10.8 Å². The van der Waals surface area contributed by atoms with Crippen molar-refractivity contribution in [2.45, 2.75) is 24.1 Å². The van der Waals surface area contributed by atoms with E-state index in [4.69, 9.17) is 11.6 Å². The van der Waals surface area contributed by atoms with Gasteiger partial charge in [-0.2, -0.15) is 0 Å². The molecule has 0 aromatic carbocycles. The van der Waals surface area contributed by atoms with E-state index < -0.39 is 17.4 Å². The van der Waals surface area contributed by atoms with E-state index in [1.807, 2.05) is 0 Å². The number of alkyl carbamates (subject to hydrolysis) is 1. The van der Waals surface area contributed by atoms with Gasteiger partial charge in [0.15, 0.2) is 5.37 Å². The Morgan fingerprint density at radius 1 is 1.41 bits per heavy atom. The van der Waals surface area contributed by atoms with Gasteiger partial charge in [-0.1, -0.05) is 23.4 Å². The second kappa shape index (κ2) is 8.15. The number of nitrogens with one attached hydrogen (secondary N) is 3. The Hall–Kier alpha value is -2.30. The number of aryl methyl sites for hydroxylation is 1. The molecule has 0 radical (unpaired) electrons. The first-order valence-corrected chi connectivity index (χ1v) is 9.99. The lowest BCUT2D eigenvalue weighted by Gasteiger charge is -2.11. The summed E-state index contributed by atoms with van der Waals surface area (Å²) in [6, 6.07) is 3.27. The number of anilines is 2. The Morgan fingerprint density at radius 2 is 2.19 bits per heavy atom. The van der Waals surface area contributed by atoms with Crippen molar-refractivity contribution in [1.29, 1.82) is 0 Å². The maximum atomic E-state index is 12.6. The number of carbonyl (C=O) groups is 3. The summed E-state index contributed by atoms with van der Waals surface area (Å²) in [6.07, 6.45) is -0.840. The van der Waals surface area contributed by atoms with Gasteiger partial charge in [0.05, 0.1) is 27.8 Å². The first-order valence-electron chi connectivity index (χ1n) is 7.85. The smallest absolute Gasteiger partial charge is 0.414 e. The zero-order valence-corrected chi connectivity index (χ0v) is 16.7. The zero-order chi connectivity index (χ0) is 19.6. The summed E-state index contributed by atoms with van der Waals surface area (Å²) in [4.78, 5) is 41.2. The minimum Gasteiger partial charge on any atom is -0.450 e. The van der Waals surface area contributed by atoms with Gasteiger partial charge < -0.3 is 15.4 Å². The predicted octanol–water partition coefficient (Wildman–Crippen LogP) is 3.47. The van der Waals surface area contributed by atoms with Crippen LogP contribution in [0, 0.1) is 6.92 Å². The molecule has 1 aliphatic rings. The molecule has 0 saturated heterocycles. The average molecular weight is 427 g/mol. The number of nitrogens with zero attached hydrogens (tertiary/aromatic N) is 1. The van der Waals surface area contributed by atoms with Gasteiger partial charge in [0, 0.05) is 0 Å². The summed E-state index contributed by atoms with van der Waals surface area (Å²) in [7, 11) is 0. The third-order valence-corrected chi connectivity index (χ3v) is 5.85. The van der Waals surface area contributed by atoms with Crippen molar-refractivity contribution in [2.75, 3.05) is 17.2 Å². The number of fused-ring (bicyclic) bond motifs is 1. The highest BCUT2D eigenvalue weighted by atomic mass is 35.5. The minimum absolute atomic E-state index is 0.148. The molecular formula is C16H15ClN4O4S2. The summed E-state index contributed by atoms with van der Waals surface area (Å²) in [5, 5.41) is 9.72. The van der Waals surface area contributed by atoms with E-state index in [2.05, 4.69) is 25.7 Å². The molecule has 2 aromatic rings. The lowest BCUT2D eigenvalue weighted by atomic mass is 10.3. The topological polar surface area (TPSA) is 109 Å². The summed E-state index contributed by atoms with van der Waals surface area (Å²) in [6.45, 7) is 3.56. The summed E-state index contributed by atoms with van der Waals surface area (Å²) in [5.74, 6) is -0.405. The Kier molecular flexibility index (Phi) is 5.88. The molecule has 1 aliphatic heterocycles. The van der Waals surface area contributed by atoms with E-state index in [1.165, 1.54) is 29.2 Å². The number of rotatable bonds is 4. The molecule has 0 spiro atoms. The molecule has 2 aromatic heterocycles. The number of hydrogen-bond donors (Lipinski definition) is 3. The first-order chi connectivity index (χ1) is 12.9. The van der Waals surface area contributed by atoms with Crippen LogP contribution in [-0.2, 0) is 9.53 Å². The van der Waals surface area contributed by atoms with Crippen LogP contribution in [0.1, 0.15) is 23.0 Å². The van der Waals surface area contributed by atoms with Crippen LogP contribution in [0.5, 0.6) is 0 Å². The van der Waals surface area contributed by atoms with Crippen LogP contribution in [0.3, 0.4) is 0 Å². The lowest BCUT2D eigenvalue weighted by Crippen LogP contribution is -2.33. The summed E-state index contributed by atoms with van der Waals surface area (Å²) in [5.41, 5.74) is 0.847. The molecular weight excluding hydrogens is 412 g/mol. The number of carbonyl (C=O) groups excluding carboxylic acids is 3. The van der Waals surface area contributed by atoms with E-state index in [1.54, 1.807) is 25.3 Å². The van der Waals surface area contributed by atoms with Gasteiger partial charge in [-0.05, 0) is 31.4 Å². The number of amides is 3. The van der Waals surface area contributed by atoms with E-state index in [0.717, 1.165) is 4.90 Å². The Morgan fingerprint density at radius 3 is 2.93 bits per heavy atom. The number of hydrogen-bond acceptors (Lipinski definition) is 8. The number of imide groups is 1. The predicted molar refractivity (Wildman–Crippen MR) is 105 cm³/mol. The van der Waals surface area contributed by atoms with Crippen molar-refractivity contribution in [3.8, 4) is 0 Å². The van der Waals surface area contributed by atoms with Crippen LogP contribution in [0.4, 0.5) is 15.6 Å². The van der Waals surface area contributed by atoms with E-state index in [-0.39, 0.29) is 18.1 Å². The highest BCUT2D eigenvalue weighted by Gasteiger charge is 2.30. The molecule has 142 valence electrons. The van der Waals surface area contributed by atoms with Gasteiger partial charge in [0.2, 0.25) is 0 Å². The molecule has 0 aliphatic carbocycles. The SMILES string of the molecule is CCOC(=O)NC(=O)c1ccsc1NC(=O)C1Nc2nc(C)c(Cl)cc2S1. The Labute approximate surface area is 168 Å². The largest absolute Gasteiger partial charge is 0.450 e.